The first-order chi connectivity index (χ1) is 21.0. The van der Waals surface area contributed by atoms with Crippen LogP contribution in [0.5, 0.6) is 0 Å². The second kappa shape index (κ2) is 20.0. The maximum atomic E-state index is 12.0. The van der Waals surface area contributed by atoms with Crippen molar-refractivity contribution in [2.45, 2.75) is 140 Å². The molecule has 0 aliphatic rings. The molecule has 0 aromatic heterocycles. The van der Waals surface area contributed by atoms with Crippen LogP contribution in [0.25, 0.3) is 10.8 Å². The third-order valence-corrected chi connectivity index (χ3v) is 10.0. The van der Waals surface area contributed by atoms with E-state index < -0.39 is 20.2 Å². The first-order valence-corrected chi connectivity index (χ1v) is 19.5. The van der Waals surface area contributed by atoms with E-state index in [1.165, 1.54) is 57.4 Å². The molecular formula is C36H54O6S2. The van der Waals surface area contributed by atoms with Crippen molar-refractivity contribution in [3.8, 4) is 0 Å². The van der Waals surface area contributed by atoms with Gasteiger partial charge < -0.3 is 0 Å². The average molecular weight is 647 g/mol. The second-order valence-corrected chi connectivity index (χ2v) is 14.5. The van der Waals surface area contributed by atoms with Gasteiger partial charge in [-0.2, -0.15) is 16.8 Å². The van der Waals surface area contributed by atoms with Gasteiger partial charge in [0, 0.05) is 5.39 Å². The summed E-state index contributed by atoms with van der Waals surface area (Å²) < 4.78 is 65.6. The molecule has 0 saturated carbocycles. The molecule has 3 aromatic rings. The highest BCUT2D eigenvalue weighted by Crippen LogP contribution is 2.32. The molecule has 6 nitrogen and oxygen atoms in total. The van der Waals surface area contributed by atoms with Crippen LogP contribution in [0, 0.1) is 0 Å². The molecule has 3 rings (SSSR count). The summed E-state index contributed by atoms with van der Waals surface area (Å²) in [6.45, 7) is 6.44. The molecule has 3 aromatic carbocycles. The lowest BCUT2D eigenvalue weighted by Gasteiger charge is -2.16. The number of unbranched alkanes of at least 4 members (excludes halogenated alkanes) is 11. The Bertz CT molecular complexity index is 1480. The van der Waals surface area contributed by atoms with E-state index >= 15 is 0 Å². The Kier molecular flexibility index (Phi) is 17.2. The molecule has 44 heavy (non-hydrogen) atoms. The first-order valence-electron chi connectivity index (χ1n) is 16.6. The fraction of sp³-hybridized carbons (Fsp3) is 0.556. The van der Waals surface area contributed by atoms with Crippen LogP contribution in [0.3, 0.4) is 0 Å². The molecule has 246 valence electrons. The summed E-state index contributed by atoms with van der Waals surface area (Å²) in [6.07, 6.45) is 18.8. The predicted octanol–water partition coefficient (Wildman–Crippen LogP) is 10.2. The highest BCUT2D eigenvalue weighted by Gasteiger charge is 2.22. The lowest BCUT2D eigenvalue weighted by atomic mass is 9.94. The van der Waals surface area contributed by atoms with Gasteiger partial charge in [0.25, 0.3) is 20.2 Å². The number of aryl methyl sites for hydroxylation is 2. The number of benzene rings is 3. The average Bonchev–Trinajstić information content (AvgIpc) is 2.99. The summed E-state index contributed by atoms with van der Waals surface area (Å²) in [4.78, 5) is 0.177. The van der Waals surface area contributed by atoms with Gasteiger partial charge in [-0.15, -0.1) is 0 Å². The van der Waals surface area contributed by atoms with Crippen LogP contribution in [0.15, 0.2) is 64.4 Å². The quantitative estimate of drug-likeness (QED) is 0.0991. The molecule has 8 heteroatoms. The summed E-state index contributed by atoms with van der Waals surface area (Å²) >= 11 is 0. The second-order valence-electron chi connectivity index (χ2n) is 11.8. The molecule has 0 unspecified atom stereocenters. The SMILES string of the molecule is CCCCCCCCCCCCc1ccccc1S(=O)(=O)O.CCCCc1cc2ccccc2c(S(=O)(=O)O)c1CCCC. The molecule has 0 heterocycles. The van der Waals surface area contributed by atoms with Gasteiger partial charge in [0.05, 0.1) is 4.90 Å². The number of fused-ring (bicyclic) bond motifs is 1. The molecule has 0 aliphatic carbocycles. The molecule has 0 bridgehead atoms. The maximum absolute atomic E-state index is 12.0. The molecule has 0 aliphatic heterocycles. The predicted molar refractivity (Wildman–Crippen MR) is 183 cm³/mol. The minimum Gasteiger partial charge on any atom is -0.282 e. The van der Waals surface area contributed by atoms with Crippen molar-refractivity contribution in [1.82, 2.24) is 0 Å². The van der Waals surface area contributed by atoms with Crippen molar-refractivity contribution in [1.29, 1.82) is 0 Å². The normalized spacial score (nSPS) is 11.8. The minimum atomic E-state index is -4.24. The summed E-state index contributed by atoms with van der Waals surface area (Å²) in [5, 5.41) is 1.50. The van der Waals surface area contributed by atoms with Crippen molar-refractivity contribution >= 4 is 31.0 Å². The van der Waals surface area contributed by atoms with Crippen molar-refractivity contribution in [3.05, 3.63) is 71.3 Å². The van der Waals surface area contributed by atoms with Crippen molar-refractivity contribution in [3.63, 3.8) is 0 Å². The minimum absolute atomic E-state index is 0.0610. The lowest BCUT2D eigenvalue weighted by molar-refractivity contribution is 0.479. The molecule has 2 N–H and O–H groups in total. The van der Waals surface area contributed by atoms with Crippen LogP contribution >= 0.6 is 0 Å². The molecular weight excluding hydrogens is 593 g/mol. The number of hydrogen-bond donors (Lipinski definition) is 2. The van der Waals surface area contributed by atoms with Gasteiger partial charge in [-0.1, -0.05) is 140 Å². The van der Waals surface area contributed by atoms with Crippen LogP contribution in [0.1, 0.15) is 127 Å². The largest absolute Gasteiger partial charge is 0.295 e. The van der Waals surface area contributed by atoms with Gasteiger partial charge in [-0.25, -0.2) is 0 Å². The molecule has 0 fully saturated rings. The van der Waals surface area contributed by atoms with Gasteiger partial charge in [-0.3, -0.25) is 9.11 Å². The molecule has 0 saturated heterocycles. The Morgan fingerprint density at radius 3 is 1.61 bits per heavy atom. The molecule has 0 radical (unpaired) electrons. The zero-order valence-electron chi connectivity index (χ0n) is 27.1. The zero-order chi connectivity index (χ0) is 32.4. The van der Waals surface area contributed by atoms with Crippen LogP contribution in [-0.4, -0.2) is 25.9 Å². The van der Waals surface area contributed by atoms with Gasteiger partial charge >= 0.3 is 0 Å². The Labute approximate surface area is 267 Å². The zero-order valence-corrected chi connectivity index (χ0v) is 28.7. The van der Waals surface area contributed by atoms with E-state index in [1.54, 1.807) is 18.2 Å². The smallest absolute Gasteiger partial charge is 0.282 e. The highest BCUT2D eigenvalue weighted by atomic mass is 32.2. The van der Waals surface area contributed by atoms with Crippen molar-refractivity contribution in [2.24, 2.45) is 0 Å². The lowest BCUT2D eigenvalue weighted by Crippen LogP contribution is -2.08. The van der Waals surface area contributed by atoms with E-state index in [9.17, 15) is 25.9 Å². The van der Waals surface area contributed by atoms with E-state index in [0.29, 0.717) is 18.2 Å². The van der Waals surface area contributed by atoms with Crippen molar-refractivity contribution < 1.29 is 25.9 Å². The number of rotatable bonds is 19. The third kappa shape index (κ3) is 13.0. The standard InChI is InChI=1S/C18H24O3S.C18H30O3S/c1-3-5-9-14-13-15-10-7-8-12-17(15)18(22(19,20)21)16(14)11-6-4-2;1-2-3-4-5-6-7-8-9-10-11-14-17-15-12-13-16-18(17)22(19,20)21/h7-8,10,12-13H,3-6,9,11H2,1-2H3,(H,19,20,21);12-13,15-16H,2-11,14H2,1H3,(H,19,20,21). The Balaban J connectivity index is 0.000000307. The van der Waals surface area contributed by atoms with Gasteiger partial charge in [0.1, 0.15) is 4.90 Å². The molecule has 0 spiro atoms. The molecule has 0 atom stereocenters. The summed E-state index contributed by atoms with van der Waals surface area (Å²) in [6, 6.07) is 16.2. The van der Waals surface area contributed by atoms with Crippen molar-refractivity contribution in [2.75, 3.05) is 0 Å². The fourth-order valence-corrected chi connectivity index (χ4v) is 7.45. The van der Waals surface area contributed by atoms with Gasteiger partial charge in [-0.05, 0) is 66.7 Å². The fourth-order valence-electron chi connectivity index (χ4n) is 5.69. The Hall–Kier alpha value is -2.26. The Morgan fingerprint density at radius 1 is 0.523 bits per heavy atom. The van der Waals surface area contributed by atoms with E-state index in [0.717, 1.165) is 67.0 Å². The highest BCUT2D eigenvalue weighted by molar-refractivity contribution is 7.86. The van der Waals surface area contributed by atoms with E-state index in [2.05, 4.69) is 26.8 Å². The Morgan fingerprint density at radius 2 is 1.02 bits per heavy atom. The van der Waals surface area contributed by atoms with Gasteiger partial charge in [0.15, 0.2) is 0 Å². The maximum Gasteiger partial charge on any atom is 0.295 e. The summed E-state index contributed by atoms with van der Waals surface area (Å²) in [7, 11) is -8.33. The summed E-state index contributed by atoms with van der Waals surface area (Å²) in [5.41, 5.74) is 2.59. The van der Waals surface area contributed by atoms with Crippen LogP contribution < -0.4 is 0 Å². The van der Waals surface area contributed by atoms with Crippen LogP contribution in [0.2, 0.25) is 0 Å². The van der Waals surface area contributed by atoms with Gasteiger partial charge in [0.2, 0.25) is 0 Å². The molecule has 0 amide bonds. The van der Waals surface area contributed by atoms with E-state index in [1.807, 2.05) is 24.3 Å². The number of hydrogen-bond acceptors (Lipinski definition) is 4. The van der Waals surface area contributed by atoms with E-state index in [4.69, 9.17) is 0 Å². The first kappa shape index (κ1) is 37.9. The monoisotopic (exact) mass is 646 g/mol. The van der Waals surface area contributed by atoms with Crippen LogP contribution in [0.4, 0.5) is 0 Å². The topological polar surface area (TPSA) is 109 Å². The van der Waals surface area contributed by atoms with Crippen LogP contribution in [-0.2, 0) is 39.5 Å². The van der Waals surface area contributed by atoms with E-state index in [-0.39, 0.29) is 9.79 Å². The summed E-state index contributed by atoms with van der Waals surface area (Å²) in [5.74, 6) is 0. The third-order valence-electron chi connectivity index (χ3n) is 8.08.